The largest absolute Gasteiger partial charge is 0.472 e. The molecule has 0 aliphatic carbocycles. The minimum absolute atomic E-state index is 0.169. The van der Waals surface area contributed by atoms with E-state index >= 15 is 0 Å². The predicted molar refractivity (Wildman–Crippen MR) is 69.9 cm³/mol. The van der Waals surface area contributed by atoms with Crippen molar-refractivity contribution in [1.29, 1.82) is 0 Å². The van der Waals surface area contributed by atoms with Crippen LogP contribution in [-0.2, 0) is 13.1 Å². The highest BCUT2D eigenvalue weighted by Crippen LogP contribution is 2.20. The molecule has 0 saturated carbocycles. The summed E-state index contributed by atoms with van der Waals surface area (Å²) in [6.45, 7) is 4.40. The van der Waals surface area contributed by atoms with Crippen molar-refractivity contribution in [2.75, 3.05) is 13.6 Å². The summed E-state index contributed by atoms with van der Waals surface area (Å²) in [5, 5.41) is 0. The van der Waals surface area contributed by atoms with Gasteiger partial charge in [0.1, 0.15) is 0 Å². The van der Waals surface area contributed by atoms with Crippen LogP contribution >= 0.6 is 0 Å². The molecule has 0 saturated heterocycles. The van der Waals surface area contributed by atoms with Gasteiger partial charge in [0, 0.05) is 31.4 Å². The lowest BCUT2D eigenvalue weighted by Crippen LogP contribution is -2.31. The van der Waals surface area contributed by atoms with Crippen LogP contribution in [0.1, 0.15) is 24.2 Å². The van der Waals surface area contributed by atoms with E-state index in [-0.39, 0.29) is 6.04 Å². The summed E-state index contributed by atoms with van der Waals surface area (Å²) in [7, 11) is 2.07. The van der Waals surface area contributed by atoms with Crippen molar-refractivity contribution in [1.82, 2.24) is 14.5 Å². The van der Waals surface area contributed by atoms with Crippen LogP contribution in [-0.4, -0.2) is 28.0 Å². The van der Waals surface area contributed by atoms with Gasteiger partial charge in [0.15, 0.2) is 0 Å². The van der Waals surface area contributed by atoms with Crippen LogP contribution in [0.2, 0.25) is 0 Å². The fourth-order valence-electron chi connectivity index (χ4n) is 2.18. The third-order valence-electron chi connectivity index (χ3n) is 3.19. The van der Waals surface area contributed by atoms with Crippen LogP contribution in [0.15, 0.2) is 35.5 Å². The number of likely N-dealkylation sites (N-methyl/N-ethyl adjacent to an activating group) is 1. The van der Waals surface area contributed by atoms with Gasteiger partial charge in [-0.25, -0.2) is 4.98 Å². The van der Waals surface area contributed by atoms with E-state index in [0.29, 0.717) is 6.54 Å². The summed E-state index contributed by atoms with van der Waals surface area (Å²) in [5.74, 6) is 0. The van der Waals surface area contributed by atoms with Gasteiger partial charge in [-0.1, -0.05) is 0 Å². The fourth-order valence-corrected chi connectivity index (χ4v) is 2.18. The minimum Gasteiger partial charge on any atom is -0.472 e. The monoisotopic (exact) mass is 248 g/mol. The lowest BCUT2D eigenvalue weighted by molar-refractivity contribution is 0.232. The first-order valence-electron chi connectivity index (χ1n) is 6.17. The summed E-state index contributed by atoms with van der Waals surface area (Å²) in [6, 6.07) is 2.14. The zero-order valence-corrected chi connectivity index (χ0v) is 10.9. The topological polar surface area (TPSA) is 60.2 Å². The molecule has 1 atom stereocenters. The summed E-state index contributed by atoms with van der Waals surface area (Å²) in [6.07, 6.45) is 7.20. The highest BCUT2D eigenvalue weighted by Gasteiger charge is 2.19. The Balaban J connectivity index is 2.13. The smallest absolute Gasteiger partial charge is 0.0948 e. The molecule has 0 amide bonds. The molecule has 0 spiro atoms. The second-order valence-corrected chi connectivity index (χ2v) is 4.40. The summed E-state index contributed by atoms with van der Waals surface area (Å²) in [4.78, 5) is 6.42. The molecule has 2 aromatic rings. The van der Waals surface area contributed by atoms with Gasteiger partial charge in [0.05, 0.1) is 30.6 Å². The lowest BCUT2D eigenvalue weighted by atomic mass is 10.1. The van der Waals surface area contributed by atoms with Gasteiger partial charge in [0.25, 0.3) is 0 Å². The molecule has 2 rings (SSSR count). The Kier molecular flexibility index (Phi) is 4.17. The molecule has 0 fully saturated rings. The fraction of sp³-hybridized carbons (Fsp3) is 0.462. The van der Waals surface area contributed by atoms with E-state index in [1.165, 1.54) is 0 Å². The standard InChI is InChI=1S/C13H20N4O/c1-3-17-10-15-7-13(17)12(6-14)16(2)8-11-4-5-18-9-11/h4-5,7,9-10,12H,3,6,8,14H2,1-2H3. The Hall–Kier alpha value is -1.59. The van der Waals surface area contributed by atoms with Crippen LogP contribution in [0.5, 0.6) is 0 Å². The van der Waals surface area contributed by atoms with E-state index in [4.69, 9.17) is 10.2 Å². The lowest BCUT2D eigenvalue weighted by Gasteiger charge is -2.27. The van der Waals surface area contributed by atoms with E-state index < -0.39 is 0 Å². The number of nitrogens with two attached hydrogens (primary N) is 1. The van der Waals surface area contributed by atoms with Gasteiger partial charge in [-0.2, -0.15) is 0 Å². The molecule has 1 unspecified atom stereocenters. The van der Waals surface area contributed by atoms with Gasteiger partial charge in [-0.05, 0) is 20.0 Å². The molecule has 0 bridgehead atoms. The van der Waals surface area contributed by atoms with E-state index in [1.54, 1.807) is 12.5 Å². The Bertz CT molecular complexity index is 463. The van der Waals surface area contributed by atoms with Crippen molar-refractivity contribution in [2.45, 2.75) is 26.1 Å². The SMILES string of the molecule is CCn1cncc1C(CN)N(C)Cc1ccoc1. The van der Waals surface area contributed by atoms with Gasteiger partial charge >= 0.3 is 0 Å². The number of hydrogen-bond acceptors (Lipinski definition) is 4. The Morgan fingerprint density at radius 2 is 2.39 bits per heavy atom. The molecule has 2 heterocycles. The number of aryl methyl sites for hydroxylation is 1. The molecule has 0 aromatic carbocycles. The van der Waals surface area contributed by atoms with Gasteiger partial charge in [-0.15, -0.1) is 0 Å². The first-order valence-corrected chi connectivity index (χ1v) is 6.17. The van der Waals surface area contributed by atoms with Crippen molar-refractivity contribution < 1.29 is 4.42 Å². The maximum absolute atomic E-state index is 5.91. The van der Waals surface area contributed by atoms with Gasteiger partial charge in [-0.3, -0.25) is 4.90 Å². The Morgan fingerprint density at radius 3 is 3.00 bits per heavy atom. The summed E-state index contributed by atoms with van der Waals surface area (Å²) < 4.78 is 7.22. The van der Waals surface area contributed by atoms with Gasteiger partial charge in [0.2, 0.25) is 0 Å². The van der Waals surface area contributed by atoms with Crippen LogP contribution in [0.4, 0.5) is 0 Å². The average molecular weight is 248 g/mol. The Labute approximate surface area is 107 Å². The first kappa shape index (κ1) is 12.9. The zero-order valence-electron chi connectivity index (χ0n) is 10.9. The third-order valence-corrected chi connectivity index (χ3v) is 3.19. The van der Waals surface area contributed by atoms with E-state index in [0.717, 1.165) is 24.3 Å². The van der Waals surface area contributed by atoms with Crippen molar-refractivity contribution in [3.05, 3.63) is 42.4 Å². The van der Waals surface area contributed by atoms with Crippen molar-refractivity contribution in [3.63, 3.8) is 0 Å². The molecule has 5 heteroatoms. The number of hydrogen-bond donors (Lipinski definition) is 1. The Morgan fingerprint density at radius 1 is 1.56 bits per heavy atom. The predicted octanol–water partition coefficient (Wildman–Crippen LogP) is 1.63. The highest BCUT2D eigenvalue weighted by molar-refractivity contribution is 5.09. The van der Waals surface area contributed by atoms with Crippen LogP contribution in [0, 0.1) is 0 Å². The first-order chi connectivity index (χ1) is 8.76. The van der Waals surface area contributed by atoms with Crippen LogP contribution < -0.4 is 5.73 Å². The summed E-state index contributed by atoms with van der Waals surface area (Å²) in [5.41, 5.74) is 8.22. The number of rotatable bonds is 6. The molecular formula is C13H20N4O. The number of furan rings is 1. The van der Waals surface area contributed by atoms with Gasteiger partial charge < -0.3 is 14.7 Å². The van der Waals surface area contributed by atoms with Crippen molar-refractivity contribution in [3.8, 4) is 0 Å². The molecule has 2 aromatic heterocycles. The van der Waals surface area contributed by atoms with Crippen molar-refractivity contribution in [2.24, 2.45) is 5.73 Å². The highest BCUT2D eigenvalue weighted by atomic mass is 16.3. The molecular weight excluding hydrogens is 228 g/mol. The minimum atomic E-state index is 0.169. The van der Waals surface area contributed by atoms with E-state index in [1.807, 2.05) is 18.6 Å². The average Bonchev–Trinajstić information content (AvgIpc) is 3.01. The second-order valence-electron chi connectivity index (χ2n) is 4.40. The molecule has 2 N–H and O–H groups in total. The number of aromatic nitrogens is 2. The third kappa shape index (κ3) is 2.63. The normalized spacial score (nSPS) is 13.1. The molecule has 5 nitrogen and oxygen atoms in total. The molecule has 0 aliphatic heterocycles. The molecule has 18 heavy (non-hydrogen) atoms. The quantitative estimate of drug-likeness (QED) is 0.844. The maximum atomic E-state index is 5.91. The molecule has 0 aliphatic rings. The number of nitrogens with zero attached hydrogens (tertiary/aromatic N) is 3. The molecule has 0 radical (unpaired) electrons. The maximum Gasteiger partial charge on any atom is 0.0948 e. The molecule has 98 valence electrons. The second kappa shape index (κ2) is 5.84. The van der Waals surface area contributed by atoms with Crippen LogP contribution in [0.3, 0.4) is 0 Å². The summed E-state index contributed by atoms with van der Waals surface area (Å²) >= 11 is 0. The van der Waals surface area contributed by atoms with E-state index in [2.05, 4.69) is 28.4 Å². The van der Waals surface area contributed by atoms with E-state index in [9.17, 15) is 0 Å². The number of imidazole rings is 1. The van der Waals surface area contributed by atoms with Crippen molar-refractivity contribution >= 4 is 0 Å². The zero-order chi connectivity index (χ0) is 13.0. The van der Waals surface area contributed by atoms with Crippen LogP contribution in [0.25, 0.3) is 0 Å².